The minimum atomic E-state index is -5.43. The lowest BCUT2D eigenvalue weighted by Crippen LogP contribution is -2.36. The normalized spacial score (nSPS) is 30.3. The first-order valence-electron chi connectivity index (χ1n) is 18.8. The second kappa shape index (κ2) is 17.9. The van der Waals surface area contributed by atoms with Crippen LogP contribution in [0.4, 0.5) is 11.6 Å². The van der Waals surface area contributed by atoms with Gasteiger partial charge in [0.1, 0.15) is 78.7 Å². The van der Waals surface area contributed by atoms with Gasteiger partial charge in [-0.1, -0.05) is 0 Å². The summed E-state index contributed by atoms with van der Waals surface area (Å²) in [6.07, 6.45) is -12.6. The third-order valence-electron chi connectivity index (χ3n) is 10.3. The zero-order chi connectivity index (χ0) is 46.7. The van der Waals surface area contributed by atoms with Crippen molar-refractivity contribution in [3.8, 4) is 0 Å². The van der Waals surface area contributed by atoms with Gasteiger partial charge in [-0.05, 0) is 6.92 Å². The summed E-state index contributed by atoms with van der Waals surface area (Å²) >= 11 is 0. The minimum Gasteiger partial charge on any atom is -0.387 e. The number of H-pyrrole nitrogens is 1. The number of hydrogen-bond acceptors (Lipinski definition) is 24. The van der Waals surface area contributed by atoms with Crippen molar-refractivity contribution < 1.29 is 85.4 Å². The zero-order valence-corrected chi connectivity index (χ0v) is 35.7. The van der Waals surface area contributed by atoms with E-state index in [4.69, 9.17) is 43.8 Å². The standard InChI is InChI=1S/C30H39N12O20P3/c1-11-3-40(30(47)39-27(11)46)16-2-12(61-64(51,52)57-5-14-19(43)20(44)28(59-14)41-9-37-17-23(31)33-7-35-25(17)41)13(58-16)4-56-65(53,54)62-22-15(6-55-63(48,49)50)60-29(21(22)45)42-10-38-18-24(32)34-8-36-26(18)42/h3,7-10,12-16,19-22,28-29,43-45H,2,4-6H2,1H3,(H,51,52)(H,53,54)(H2,31,33,35)(H2,32,34,36)(H,39,46,47)(H2,48,49,50)/t12-,13+,14+,15+,16+,19+,20+,21+,22+,28+,29+/m0/s1. The van der Waals surface area contributed by atoms with Crippen LogP contribution in [0.2, 0.25) is 0 Å². The predicted octanol–water partition coefficient (Wildman–Crippen LogP) is -3.03. The highest BCUT2D eigenvalue weighted by Gasteiger charge is 2.51. The van der Waals surface area contributed by atoms with Gasteiger partial charge in [-0.3, -0.25) is 46.1 Å². The topological polar surface area (TPSA) is 461 Å². The number of nitrogens with two attached hydrogens (primary N) is 2. The average molecular weight is 981 g/mol. The Morgan fingerprint density at radius 3 is 1.85 bits per heavy atom. The molecule has 3 aliphatic rings. The largest absolute Gasteiger partial charge is 0.472 e. The Balaban J connectivity index is 0.976. The molecule has 12 N–H and O–H groups in total. The van der Waals surface area contributed by atoms with Crippen LogP contribution >= 0.6 is 23.5 Å². The van der Waals surface area contributed by atoms with Crippen LogP contribution in [0.15, 0.2) is 41.1 Å². The number of hydrogen-bond donors (Lipinski definition) is 10. The van der Waals surface area contributed by atoms with Gasteiger partial charge in [0, 0.05) is 18.2 Å². The maximum atomic E-state index is 13.6. The summed E-state index contributed by atoms with van der Waals surface area (Å²) in [5, 5.41) is 32.9. The van der Waals surface area contributed by atoms with E-state index in [-0.39, 0.29) is 39.5 Å². The molecule has 0 radical (unpaired) electrons. The first-order chi connectivity index (χ1) is 30.6. The molecule has 65 heavy (non-hydrogen) atoms. The van der Waals surface area contributed by atoms with Crippen LogP contribution in [-0.2, 0) is 50.5 Å². The van der Waals surface area contributed by atoms with Gasteiger partial charge in [0.05, 0.1) is 32.5 Å². The van der Waals surface area contributed by atoms with Crippen molar-refractivity contribution in [1.29, 1.82) is 0 Å². The van der Waals surface area contributed by atoms with Gasteiger partial charge < -0.3 is 60.6 Å². The molecule has 3 aliphatic heterocycles. The highest BCUT2D eigenvalue weighted by atomic mass is 31.2. The van der Waals surface area contributed by atoms with Crippen LogP contribution in [0.1, 0.15) is 30.7 Å². The molecule has 0 amide bonds. The summed E-state index contributed by atoms with van der Waals surface area (Å²) < 4.78 is 84.8. The molecule has 35 heteroatoms. The van der Waals surface area contributed by atoms with E-state index in [0.717, 1.165) is 34.3 Å². The number of imidazole rings is 2. The van der Waals surface area contributed by atoms with Crippen molar-refractivity contribution in [1.82, 2.24) is 48.6 Å². The third kappa shape index (κ3) is 9.81. The number of fused-ring (bicyclic) bond motifs is 2. The highest BCUT2D eigenvalue weighted by Crippen LogP contribution is 2.52. The number of phosphoric ester groups is 3. The predicted molar refractivity (Wildman–Crippen MR) is 209 cm³/mol. The summed E-state index contributed by atoms with van der Waals surface area (Å²) in [6, 6.07) is 0. The van der Waals surface area contributed by atoms with Crippen LogP contribution in [-0.4, -0.2) is 152 Å². The van der Waals surface area contributed by atoms with Crippen molar-refractivity contribution >= 4 is 57.4 Å². The van der Waals surface area contributed by atoms with E-state index < -0.39 is 128 Å². The number of aromatic amines is 1. The Labute approximate surface area is 361 Å². The smallest absolute Gasteiger partial charge is 0.387 e. The van der Waals surface area contributed by atoms with Crippen molar-refractivity contribution in [2.45, 2.75) is 80.9 Å². The Kier molecular flexibility index (Phi) is 13.0. The van der Waals surface area contributed by atoms with Crippen molar-refractivity contribution in [3.63, 3.8) is 0 Å². The molecule has 0 spiro atoms. The monoisotopic (exact) mass is 980 g/mol. The first kappa shape index (κ1) is 47.0. The van der Waals surface area contributed by atoms with Gasteiger partial charge in [0.2, 0.25) is 0 Å². The number of anilines is 2. The molecule has 354 valence electrons. The lowest BCUT2D eigenvalue weighted by atomic mass is 10.1. The Bertz CT molecular complexity index is 2840. The van der Waals surface area contributed by atoms with Crippen molar-refractivity contribution in [2.75, 3.05) is 31.3 Å². The second-order valence-electron chi connectivity index (χ2n) is 14.6. The Hall–Kier alpha value is -4.53. The van der Waals surface area contributed by atoms with Crippen LogP contribution in [0.25, 0.3) is 22.3 Å². The number of aromatic nitrogens is 10. The SMILES string of the molecule is Cc1cn([C@H]2C[C@H](OP(=O)(O)OC[C@H]3O[C@@H](n4cnc5c(N)ncnc54)[C@H](O)[C@@H]3O)[C@@H](COP(=O)(O)O[C@H]3[C@@H](O)[C@H](n4cnc5c(N)ncnc54)O[C@@H]3COP(=O)(O)O)O2)c(=O)[nH]c1=O. The fraction of sp³-hybridized carbons (Fsp3) is 0.533. The van der Waals surface area contributed by atoms with Gasteiger partial charge in [0.25, 0.3) is 5.56 Å². The van der Waals surface area contributed by atoms with E-state index >= 15 is 0 Å². The molecule has 5 aromatic heterocycles. The molecule has 8 rings (SSSR count). The van der Waals surface area contributed by atoms with E-state index in [1.807, 2.05) is 0 Å². The maximum Gasteiger partial charge on any atom is 0.472 e. The summed E-state index contributed by atoms with van der Waals surface area (Å²) in [5.74, 6) is -0.0276. The fourth-order valence-corrected chi connectivity index (χ4v) is 9.51. The van der Waals surface area contributed by atoms with Gasteiger partial charge in [0.15, 0.2) is 35.4 Å². The molecule has 3 saturated heterocycles. The number of phosphoric acid groups is 3. The van der Waals surface area contributed by atoms with Crippen molar-refractivity contribution in [3.05, 3.63) is 57.9 Å². The molecule has 0 aliphatic carbocycles. The van der Waals surface area contributed by atoms with Gasteiger partial charge in [-0.2, -0.15) is 0 Å². The Morgan fingerprint density at radius 1 is 0.708 bits per heavy atom. The summed E-state index contributed by atoms with van der Waals surface area (Å²) in [6.45, 7) is -1.51. The van der Waals surface area contributed by atoms with E-state index in [1.165, 1.54) is 17.8 Å². The van der Waals surface area contributed by atoms with E-state index in [9.17, 15) is 58.2 Å². The Morgan fingerprint density at radius 2 is 1.25 bits per heavy atom. The number of ether oxygens (including phenoxy) is 3. The maximum absolute atomic E-state index is 13.6. The number of nitrogens with zero attached hydrogens (tertiary/aromatic N) is 9. The third-order valence-corrected chi connectivity index (χ3v) is 12.8. The summed E-state index contributed by atoms with van der Waals surface area (Å²) in [4.78, 5) is 91.4. The first-order valence-corrected chi connectivity index (χ1v) is 23.3. The quantitative estimate of drug-likeness (QED) is 0.0440. The van der Waals surface area contributed by atoms with Crippen LogP contribution in [0, 0.1) is 6.92 Å². The van der Waals surface area contributed by atoms with E-state index in [1.54, 1.807) is 0 Å². The van der Waals surface area contributed by atoms with Gasteiger partial charge in [-0.25, -0.2) is 48.4 Å². The number of nitrogens with one attached hydrogen (secondary N) is 1. The molecule has 32 nitrogen and oxygen atoms in total. The molecule has 5 aromatic rings. The zero-order valence-electron chi connectivity index (χ0n) is 33.0. The molecule has 0 aromatic carbocycles. The number of rotatable bonds is 16. The van der Waals surface area contributed by atoms with Gasteiger partial charge >= 0.3 is 29.2 Å². The summed E-state index contributed by atoms with van der Waals surface area (Å²) in [5.41, 5.74) is 10.4. The average Bonchev–Trinajstić information content (AvgIpc) is 4.06. The highest BCUT2D eigenvalue weighted by molar-refractivity contribution is 7.47. The second-order valence-corrected chi connectivity index (χ2v) is 18.7. The van der Waals surface area contributed by atoms with Crippen LogP contribution in [0.5, 0.6) is 0 Å². The lowest BCUT2D eigenvalue weighted by Gasteiger charge is -2.25. The molecular weight excluding hydrogens is 941 g/mol. The molecule has 8 heterocycles. The molecule has 13 atom stereocenters. The number of nitrogen functional groups attached to an aromatic ring is 2. The molecule has 0 bridgehead atoms. The molecule has 0 saturated carbocycles. The lowest BCUT2D eigenvalue weighted by molar-refractivity contribution is -0.0622. The van der Waals surface area contributed by atoms with E-state index in [0.29, 0.717) is 0 Å². The molecular formula is C30H39N12O20P3. The minimum absolute atomic E-state index is 0.0234. The molecule has 2 unspecified atom stereocenters. The van der Waals surface area contributed by atoms with Gasteiger partial charge in [-0.15, -0.1) is 0 Å². The summed E-state index contributed by atoms with van der Waals surface area (Å²) in [7, 11) is -15.9. The van der Waals surface area contributed by atoms with E-state index in [2.05, 4.69) is 39.4 Å². The van der Waals surface area contributed by atoms with Crippen molar-refractivity contribution in [2.24, 2.45) is 0 Å². The van der Waals surface area contributed by atoms with Crippen LogP contribution < -0.4 is 22.7 Å². The number of aryl methyl sites for hydroxylation is 1. The van der Waals surface area contributed by atoms with Crippen LogP contribution in [0.3, 0.4) is 0 Å². The fourth-order valence-electron chi connectivity index (χ4n) is 7.25. The molecule has 3 fully saturated rings. The number of aliphatic hydroxyl groups excluding tert-OH is 3. The number of aliphatic hydroxyl groups is 3.